The molecular weight excluding hydrogens is 772 g/mol. The van der Waals surface area contributed by atoms with Crippen LogP contribution in [-0.2, 0) is 85.7 Å². The van der Waals surface area contributed by atoms with E-state index in [9.17, 15) is 38.4 Å². The molecule has 0 aromatic heterocycles. The third-order valence-corrected chi connectivity index (χ3v) is 8.42. The van der Waals surface area contributed by atoms with Crippen LogP contribution in [0.4, 0.5) is 0 Å². The number of esters is 8. The summed E-state index contributed by atoms with van der Waals surface area (Å²) < 4.78 is 54.5. The minimum absolute atomic E-state index is 0.180. The zero-order chi connectivity index (χ0) is 42.5. The molecule has 58 heavy (non-hydrogen) atoms. The smallest absolute Gasteiger partial charge is 0.336 e. The maximum absolute atomic E-state index is 13.0. The molecule has 0 amide bonds. The SMILES string of the molecule is CC(=O)OC[C@H]1O[C@@H](N2C=CCC(C(=O)OC/C=C/COC(=O)C3=CN([C@@H]4O[C@H](COC(C)=O)[C@@H](OC(C)=O)[C@H]4OC(C)=O)C=CC3)=C2)[C@H](OC(C)=O)[C@@H]1OC(C)=O. The molecule has 0 spiro atoms. The fourth-order valence-corrected chi connectivity index (χ4v) is 6.18. The van der Waals surface area contributed by atoms with Gasteiger partial charge in [-0.2, -0.15) is 0 Å². The maximum Gasteiger partial charge on any atom is 0.336 e. The lowest BCUT2D eigenvalue weighted by Gasteiger charge is -2.30. The van der Waals surface area contributed by atoms with Crippen molar-refractivity contribution in [3.8, 4) is 0 Å². The van der Waals surface area contributed by atoms with Crippen molar-refractivity contribution in [2.75, 3.05) is 26.4 Å². The Kier molecular flexibility index (Phi) is 16.1. The number of carbonyl (C=O) groups excluding carboxylic acids is 8. The molecule has 0 aromatic rings. The van der Waals surface area contributed by atoms with Crippen LogP contribution >= 0.6 is 0 Å². The molecule has 0 aromatic carbocycles. The Morgan fingerprint density at radius 1 is 0.534 bits per heavy atom. The summed E-state index contributed by atoms with van der Waals surface area (Å²) in [4.78, 5) is 99.5. The van der Waals surface area contributed by atoms with Gasteiger partial charge in [0, 0.05) is 79.2 Å². The van der Waals surface area contributed by atoms with Crippen molar-refractivity contribution >= 4 is 47.8 Å². The van der Waals surface area contributed by atoms with Crippen LogP contribution in [0.2, 0.25) is 0 Å². The summed E-state index contributed by atoms with van der Waals surface area (Å²) >= 11 is 0. The molecule has 4 aliphatic heterocycles. The van der Waals surface area contributed by atoms with Crippen molar-refractivity contribution in [3.05, 3.63) is 60.3 Å². The average molecular weight is 819 g/mol. The van der Waals surface area contributed by atoms with Crippen LogP contribution in [0.15, 0.2) is 60.3 Å². The third-order valence-electron chi connectivity index (χ3n) is 8.42. The molecule has 4 rings (SSSR count). The second-order valence-electron chi connectivity index (χ2n) is 13.1. The summed E-state index contributed by atoms with van der Waals surface area (Å²) in [6, 6.07) is 0. The van der Waals surface area contributed by atoms with Gasteiger partial charge in [-0.05, 0) is 12.2 Å². The first-order valence-electron chi connectivity index (χ1n) is 18.1. The van der Waals surface area contributed by atoms with E-state index < -0.39 is 96.8 Å². The van der Waals surface area contributed by atoms with Crippen molar-refractivity contribution in [1.82, 2.24) is 9.80 Å². The van der Waals surface area contributed by atoms with Crippen LogP contribution in [0.25, 0.3) is 0 Å². The summed E-state index contributed by atoms with van der Waals surface area (Å²) in [7, 11) is 0. The van der Waals surface area contributed by atoms with E-state index in [1.54, 1.807) is 24.6 Å². The monoisotopic (exact) mass is 818 g/mol. The highest BCUT2D eigenvalue weighted by molar-refractivity contribution is 5.89. The minimum Gasteiger partial charge on any atom is -0.463 e. The van der Waals surface area contributed by atoms with E-state index in [1.165, 1.54) is 75.9 Å². The van der Waals surface area contributed by atoms with Crippen molar-refractivity contribution < 1.29 is 85.7 Å². The van der Waals surface area contributed by atoms with Crippen LogP contribution in [0, 0.1) is 0 Å². The first-order chi connectivity index (χ1) is 27.5. The number of allylic oxidation sites excluding steroid dienone is 2. The van der Waals surface area contributed by atoms with E-state index >= 15 is 0 Å². The molecule has 0 radical (unpaired) electrons. The van der Waals surface area contributed by atoms with Crippen LogP contribution in [0.5, 0.6) is 0 Å². The van der Waals surface area contributed by atoms with Gasteiger partial charge in [-0.1, -0.05) is 12.2 Å². The lowest BCUT2D eigenvalue weighted by atomic mass is 10.1. The predicted octanol–water partition coefficient (Wildman–Crippen LogP) is 1.14. The molecular formula is C38H46N2O18. The molecule has 0 N–H and O–H groups in total. The molecule has 4 heterocycles. The highest BCUT2D eigenvalue weighted by atomic mass is 16.7. The molecule has 0 bridgehead atoms. The Morgan fingerprint density at radius 3 is 1.21 bits per heavy atom. The van der Waals surface area contributed by atoms with Gasteiger partial charge < -0.3 is 57.2 Å². The molecule has 20 heteroatoms. The Hall–Kier alpha value is -6.02. The van der Waals surface area contributed by atoms with Gasteiger partial charge in [-0.3, -0.25) is 28.8 Å². The van der Waals surface area contributed by atoms with Crippen LogP contribution < -0.4 is 0 Å². The molecule has 4 aliphatic rings. The van der Waals surface area contributed by atoms with Gasteiger partial charge in [0.15, 0.2) is 36.9 Å². The first kappa shape index (κ1) is 44.7. The zero-order valence-corrected chi connectivity index (χ0v) is 32.7. The Labute approximate surface area is 333 Å². The summed E-state index contributed by atoms with van der Waals surface area (Å²) in [6.07, 6.45) is 4.03. The lowest BCUT2D eigenvalue weighted by molar-refractivity contribution is -0.166. The van der Waals surface area contributed by atoms with E-state index in [0.717, 1.165) is 0 Å². The lowest BCUT2D eigenvalue weighted by Crippen LogP contribution is -2.44. The van der Waals surface area contributed by atoms with Gasteiger partial charge >= 0.3 is 47.8 Å². The molecule has 0 aliphatic carbocycles. The zero-order valence-electron chi connectivity index (χ0n) is 32.7. The summed E-state index contributed by atoms with van der Waals surface area (Å²) in [5, 5.41) is 0. The van der Waals surface area contributed by atoms with E-state index in [0.29, 0.717) is 0 Å². The molecule has 20 nitrogen and oxygen atoms in total. The van der Waals surface area contributed by atoms with Crippen LogP contribution in [0.3, 0.4) is 0 Å². The quantitative estimate of drug-likeness (QED) is 0.121. The second-order valence-corrected chi connectivity index (χ2v) is 13.1. The standard InChI is InChI=1S/C38H46N2O18/c1-21(41)51-19-29-31(53-23(3)43)33(55-25(5)45)35(57-29)39-13-9-11-27(17-39)37(47)49-15-7-8-16-50-38(48)28-12-10-14-40(18-28)36-34(56-26(6)46)32(54-24(4)44)30(58-36)20-52-22(2)42/h7-10,13-14,17-18,29-36H,11-12,15-16,19-20H2,1-6H3/b8-7+/t29-,30-,31-,32-,33-,34-,35-,36-/m1/s1. The van der Waals surface area contributed by atoms with Gasteiger partial charge in [-0.15, -0.1) is 0 Å². The number of hydrogen-bond acceptors (Lipinski definition) is 20. The molecule has 0 saturated carbocycles. The topological polar surface area (TPSA) is 235 Å². The Morgan fingerprint density at radius 2 is 0.879 bits per heavy atom. The van der Waals surface area contributed by atoms with Crippen molar-refractivity contribution in [1.29, 1.82) is 0 Å². The van der Waals surface area contributed by atoms with E-state index in [-0.39, 0.29) is 50.4 Å². The number of hydrogen-bond donors (Lipinski definition) is 0. The van der Waals surface area contributed by atoms with E-state index in [2.05, 4.69) is 0 Å². The van der Waals surface area contributed by atoms with Gasteiger partial charge in [0.25, 0.3) is 0 Å². The fourth-order valence-electron chi connectivity index (χ4n) is 6.18. The Balaban J connectivity index is 1.33. The summed E-state index contributed by atoms with van der Waals surface area (Å²) in [5.41, 5.74) is 0.418. The summed E-state index contributed by atoms with van der Waals surface area (Å²) in [5.74, 6) is -5.29. The van der Waals surface area contributed by atoms with Crippen LogP contribution in [-0.4, -0.2) is 133 Å². The molecule has 316 valence electrons. The minimum atomic E-state index is -1.15. The van der Waals surface area contributed by atoms with Gasteiger partial charge in [0.05, 0.1) is 11.1 Å². The van der Waals surface area contributed by atoms with Gasteiger partial charge in [-0.25, -0.2) is 9.59 Å². The predicted molar refractivity (Wildman–Crippen MR) is 191 cm³/mol. The second kappa shape index (κ2) is 20.9. The highest BCUT2D eigenvalue weighted by Gasteiger charge is 2.53. The van der Waals surface area contributed by atoms with Gasteiger partial charge in [0.2, 0.25) is 0 Å². The first-order valence-corrected chi connectivity index (χ1v) is 18.1. The average Bonchev–Trinajstić information content (AvgIpc) is 3.66. The highest BCUT2D eigenvalue weighted by Crippen LogP contribution is 2.33. The molecule has 2 saturated heterocycles. The Bertz CT molecular complexity index is 1620. The molecule has 8 atom stereocenters. The van der Waals surface area contributed by atoms with Gasteiger partial charge in [0.1, 0.15) is 38.6 Å². The third kappa shape index (κ3) is 12.7. The summed E-state index contributed by atoms with van der Waals surface area (Å²) in [6.45, 7) is 6.13. The number of ether oxygens (including phenoxy) is 10. The maximum atomic E-state index is 13.0. The molecule has 0 unspecified atom stereocenters. The number of nitrogens with zero attached hydrogens (tertiary/aromatic N) is 2. The van der Waals surface area contributed by atoms with Crippen LogP contribution in [0.1, 0.15) is 54.4 Å². The van der Waals surface area contributed by atoms with Crippen molar-refractivity contribution in [2.24, 2.45) is 0 Å². The number of rotatable bonds is 16. The largest absolute Gasteiger partial charge is 0.463 e. The normalized spacial score (nSPS) is 26.2. The van der Waals surface area contributed by atoms with E-state index in [4.69, 9.17) is 47.4 Å². The van der Waals surface area contributed by atoms with Crippen molar-refractivity contribution in [3.63, 3.8) is 0 Å². The fraction of sp³-hybridized carbons (Fsp3) is 0.526. The van der Waals surface area contributed by atoms with Crippen molar-refractivity contribution in [2.45, 2.75) is 103 Å². The van der Waals surface area contributed by atoms with E-state index in [1.807, 2.05) is 0 Å². The number of carbonyl (C=O) groups is 8. The molecule has 2 fully saturated rings.